The SMILES string of the molecule is O=C(Nc1cnc(-c2ccccc2)nc1)[C@H]1CCCCN1. The zero-order valence-corrected chi connectivity index (χ0v) is 11.7. The van der Waals surface area contributed by atoms with E-state index in [1.54, 1.807) is 12.4 Å². The number of carbonyl (C=O) groups excluding carboxylic acids is 1. The van der Waals surface area contributed by atoms with Crippen molar-refractivity contribution >= 4 is 11.6 Å². The Kier molecular flexibility index (Phi) is 4.21. The Bertz CT molecular complexity index is 591. The minimum atomic E-state index is -0.104. The molecule has 5 heteroatoms. The molecule has 1 aliphatic rings. The normalized spacial score (nSPS) is 18.2. The zero-order chi connectivity index (χ0) is 14.5. The van der Waals surface area contributed by atoms with Crippen LogP contribution in [0.15, 0.2) is 42.7 Å². The molecule has 2 N–H and O–H groups in total. The number of nitrogens with zero attached hydrogens (tertiary/aromatic N) is 2. The molecule has 0 radical (unpaired) electrons. The first kappa shape index (κ1) is 13.7. The van der Waals surface area contributed by atoms with Crippen molar-refractivity contribution in [2.24, 2.45) is 0 Å². The second kappa shape index (κ2) is 6.45. The van der Waals surface area contributed by atoms with Gasteiger partial charge in [-0.3, -0.25) is 4.79 Å². The predicted octanol–water partition coefficient (Wildman–Crippen LogP) is 2.22. The summed E-state index contributed by atoms with van der Waals surface area (Å²) in [6.45, 7) is 0.904. The van der Waals surface area contributed by atoms with Crippen LogP contribution in [0.2, 0.25) is 0 Å². The molecule has 1 fully saturated rings. The van der Waals surface area contributed by atoms with Gasteiger partial charge in [0.05, 0.1) is 24.1 Å². The van der Waals surface area contributed by atoms with Gasteiger partial charge in [-0.2, -0.15) is 0 Å². The van der Waals surface area contributed by atoms with Crippen LogP contribution in [0, 0.1) is 0 Å². The van der Waals surface area contributed by atoms with E-state index in [0.717, 1.165) is 31.4 Å². The molecular formula is C16H18N4O. The van der Waals surface area contributed by atoms with E-state index in [0.29, 0.717) is 11.5 Å². The Balaban J connectivity index is 1.65. The minimum Gasteiger partial charge on any atom is -0.322 e. The third-order valence-electron chi connectivity index (χ3n) is 3.58. The van der Waals surface area contributed by atoms with Gasteiger partial charge >= 0.3 is 0 Å². The Morgan fingerprint density at radius 3 is 2.57 bits per heavy atom. The van der Waals surface area contributed by atoms with E-state index in [1.807, 2.05) is 30.3 Å². The molecule has 0 saturated carbocycles. The molecule has 0 spiro atoms. The Morgan fingerprint density at radius 2 is 1.90 bits per heavy atom. The van der Waals surface area contributed by atoms with Gasteiger partial charge in [-0.05, 0) is 19.4 Å². The molecule has 2 heterocycles. The second-order valence-electron chi connectivity index (χ2n) is 5.15. The summed E-state index contributed by atoms with van der Waals surface area (Å²) in [4.78, 5) is 20.7. The maximum absolute atomic E-state index is 12.1. The van der Waals surface area contributed by atoms with Crippen molar-refractivity contribution in [2.75, 3.05) is 11.9 Å². The number of piperidine rings is 1. The summed E-state index contributed by atoms with van der Waals surface area (Å²) in [6.07, 6.45) is 6.41. The van der Waals surface area contributed by atoms with Crippen LogP contribution in [0.5, 0.6) is 0 Å². The molecule has 0 unspecified atom stereocenters. The fourth-order valence-corrected chi connectivity index (χ4v) is 2.43. The van der Waals surface area contributed by atoms with Gasteiger partial charge in [0.15, 0.2) is 5.82 Å². The Hall–Kier alpha value is -2.27. The van der Waals surface area contributed by atoms with E-state index in [1.165, 1.54) is 0 Å². The highest BCUT2D eigenvalue weighted by molar-refractivity contribution is 5.94. The fraction of sp³-hybridized carbons (Fsp3) is 0.312. The van der Waals surface area contributed by atoms with Gasteiger partial charge in [0.2, 0.25) is 5.91 Å². The average Bonchev–Trinajstić information content (AvgIpc) is 2.57. The summed E-state index contributed by atoms with van der Waals surface area (Å²) in [7, 11) is 0. The standard InChI is InChI=1S/C16H18N4O/c21-16(14-8-4-5-9-17-14)20-13-10-18-15(19-11-13)12-6-2-1-3-7-12/h1-3,6-7,10-11,14,17H,4-5,8-9H2,(H,20,21)/t14-/m1/s1. The number of anilines is 1. The maximum atomic E-state index is 12.1. The average molecular weight is 282 g/mol. The van der Waals surface area contributed by atoms with E-state index in [2.05, 4.69) is 20.6 Å². The van der Waals surface area contributed by atoms with Crippen molar-refractivity contribution in [1.82, 2.24) is 15.3 Å². The van der Waals surface area contributed by atoms with Crippen molar-refractivity contribution in [1.29, 1.82) is 0 Å². The molecular weight excluding hydrogens is 264 g/mol. The molecule has 1 aromatic heterocycles. The highest BCUT2D eigenvalue weighted by Crippen LogP contribution is 2.15. The molecule has 0 bridgehead atoms. The van der Waals surface area contributed by atoms with Crippen LogP contribution in [0.3, 0.4) is 0 Å². The third kappa shape index (κ3) is 3.44. The van der Waals surface area contributed by atoms with E-state index < -0.39 is 0 Å². The number of carbonyl (C=O) groups is 1. The first-order valence-corrected chi connectivity index (χ1v) is 7.24. The van der Waals surface area contributed by atoms with Gasteiger partial charge in [-0.15, -0.1) is 0 Å². The van der Waals surface area contributed by atoms with Crippen molar-refractivity contribution in [3.63, 3.8) is 0 Å². The van der Waals surface area contributed by atoms with Gasteiger partial charge in [0.1, 0.15) is 0 Å². The van der Waals surface area contributed by atoms with Crippen molar-refractivity contribution in [2.45, 2.75) is 25.3 Å². The number of amides is 1. The summed E-state index contributed by atoms with van der Waals surface area (Å²) in [5.74, 6) is 0.648. The molecule has 21 heavy (non-hydrogen) atoms. The fourth-order valence-electron chi connectivity index (χ4n) is 2.43. The quantitative estimate of drug-likeness (QED) is 0.906. The van der Waals surface area contributed by atoms with Crippen molar-refractivity contribution in [3.8, 4) is 11.4 Å². The van der Waals surface area contributed by atoms with Crippen LogP contribution < -0.4 is 10.6 Å². The number of hydrogen-bond acceptors (Lipinski definition) is 4. The van der Waals surface area contributed by atoms with E-state index >= 15 is 0 Å². The highest BCUT2D eigenvalue weighted by Gasteiger charge is 2.20. The van der Waals surface area contributed by atoms with Gasteiger partial charge < -0.3 is 10.6 Å². The van der Waals surface area contributed by atoms with Crippen LogP contribution >= 0.6 is 0 Å². The van der Waals surface area contributed by atoms with Crippen LogP contribution in [0.25, 0.3) is 11.4 Å². The molecule has 2 aromatic rings. The van der Waals surface area contributed by atoms with Crippen molar-refractivity contribution < 1.29 is 4.79 Å². The Labute approximate surface area is 123 Å². The molecule has 108 valence electrons. The lowest BCUT2D eigenvalue weighted by atomic mass is 10.0. The molecule has 1 aromatic carbocycles. The molecule has 1 atom stereocenters. The van der Waals surface area contributed by atoms with Gasteiger partial charge in [-0.1, -0.05) is 36.8 Å². The number of aromatic nitrogens is 2. The molecule has 1 aliphatic heterocycles. The van der Waals surface area contributed by atoms with Crippen LogP contribution in [-0.2, 0) is 4.79 Å². The van der Waals surface area contributed by atoms with E-state index in [4.69, 9.17) is 0 Å². The minimum absolute atomic E-state index is 0.00855. The summed E-state index contributed by atoms with van der Waals surface area (Å²) >= 11 is 0. The van der Waals surface area contributed by atoms with E-state index in [-0.39, 0.29) is 11.9 Å². The summed E-state index contributed by atoms with van der Waals surface area (Å²) in [5, 5.41) is 6.09. The van der Waals surface area contributed by atoms with Crippen molar-refractivity contribution in [3.05, 3.63) is 42.7 Å². The Morgan fingerprint density at radius 1 is 1.14 bits per heavy atom. The maximum Gasteiger partial charge on any atom is 0.241 e. The smallest absolute Gasteiger partial charge is 0.241 e. The number of benzene rings is 1. The lowest BCUT2D eigenvalue weighted by Crippen LogP contribution is -2.43. The summed E-state index contributed by atoms with van der Waals surface area (Å²) in [5.41, 5.74) is 1.59. The summed E-state index contributed by atoms with van der Waals surface area (Å²) in [6, 6.07) is 9.66. The highest BCUT2D eigenvalue weighted by atomic mass is 16.2. The molecule has 1 amide bonds. The van der Waals surface area contributed by atoms with Crippen LogP contribution in [0.4, 0.5) is 5.69 Å². The third-order valence-corrected chi connectivity index (χ3v) is 3.58. The van der Waals surface area contributed by atoms with Gasteiger partial charge in [0.25, 0.3) is 0 Å². The van der Waals surface area contributed by atoms with Crippen LogP contribution in [0.1, 0.15) is 19.3 Å². The number of rotatable bonds is 3. The lowest BCUT2D eigenvalue weighted by molar-refractivity contribution is -0.118. The monoisotopic (exact) mass is 282 g/mol. The molecule has 3 rings (SSSR count). The zero-order valence-electron chi connectivity index (χ0n) is 11.7. The number of hydrogen-bond donors (Lipinski definition) is 2. The van der Waals surface area contributed by atoms with Crippen LogP contribution in [-0.4, -0.2) is 28.5 Å². The predicted molar refractivity (Wildman–Crippen MR) is 81.7 cm³/mol. The van der Waals surface area contributed by atoms with Gasteiger partial charge in [0, 0.05) is 5.56 Å². The summed E-state index contributed by atoms with van der Waals surface area (Å²) < 4.78 is 0. The molecule has 5 nitrogen and oxygen atoms in total. The molecule has 0 aliphatic carbocycles. The second-order valence-corrected chi connectivity index (χ2v) is 5.15. The first-order valence-electron chi connectivity index (χ1n) is 7.24. The molecule has 1 saturated heterocycles. The first-order chi connectivity index (χ1) is 10.3. The van der Waals surface area contributed by atoms with E-state index in [9.17, 15) is 4.79 Å². The number of nitrogens with one attached hydrogen (secondary N) is 2. The van der Waals surface area contributed by atoms with Gasteiger partial charge in [-0.25, -0.2) is 9.97 Å². The topological polar surface area (TPSA) is 66.9 Å². The lowest BCUT2D eigenvalue weighted by Gasteiger charge is -2.22. The largest absolute Gasteiger partial charge is 0.322 e.